The van der Waals surface area contributed by atoms with Gasteiger partial charge in [-0.25, -0.2) is 0 Å². The Morgan fingerprint density at radius 1 is 0.750 bits per heavy atom. The first-order chi connectivity index (χ1) is 15.6. The van der Waals surface area contributed by atoms with Gasteiger partial charge in [0.2, 0.25) is 0 Å². The number of carbonyl (C=O) groups is 1. The Morgan fingerprint density at radius 3 is 1.97 bits per heavy atom. The maximum absolute atomic E-state index is 12.9. The fourth-order valence-electron chi connectivity index (χ4n) is 3.61. The summed E-state index contributed by atoms with van der Waals surface area (Å²) in [5, 5.41) is 3.07. The van der Waals surface area contributed by atoms with Crippen LogP contribution >= 0.6 is 0 Å². The summed E-state index contributed by atoms with van der Waals surface area (Å²) in [7, 11) is 6.34. The molecule has 1 N–H and O–H groups in total. The SMILES string of the molecule is COc1ccc(C(=O)NCC(Cc2ccccc2)c2ccc(OC)c(OC)c2)cc1OC. The molecule has 0 bridgehead atoms. The molecule has 3 aromatic carbocycles. The molecule has 0 aliphatic carbocycles. The van der Waals surface area contributed by atoms with Gasteiger partial charge in [0.1, 0.15) is 0 Å². The van der Waals surface area contributed by atoms with Crippen molar-refractivity contribution in [2.24, 2.45) is 0 Å². The monoisotopic (exact) mass is 435 g/mol. The van der Waals surface area contributed by atoms with Crippen molar-refractivity contribution in [3.63, 3.8) is 0 Å². The van der Waals surface area contributed by atoms with Crippen molar-refractivity contribution in [2.45, 2.75) is 12.3 Å². The van der Waals surface area contributed by atoms with E-state index in [4.69, 9.17) is 18.9 Å². The van der Waals surface area contributed by atoms with E-state index < -0.39 is 0 Å². The highest BCUT2D eigenvalue weighted by Gasteiger charge is 2.18. The van der Waals surface area contributed by atoms with E-state index in [1.54, 1.807) is 46.6 Å². The van der Waals surface area contributed by atoms with Gasteiger partial charge >= 0.3 is 0 Å². The fourth-order valence-corrected chi connectivity index (χ4v) is 3.61. The smallest absolute Gasteiger partial charge is 0.251 e. The van der Waals surface area contributed by atoms with Crippen molar-refractivity contribution >= 4 is 5.91 Å². The van der Waals surface area contributed by atoms with E-state index in [2.05, 4.69) is 17.4 Å². The standard InChI is InChI=1S/C26H29NO5/c1-29-22-12-10-19(15-24(22)31-3)21(14-18-8-6-5-7-9-18)17-27-26(28)20-11-13-23(30-2)25(16-20)32-4/h5-13,15-16,21H,14,17H2,1-4H3,(H,27,28). The predicted octanol–water partition coefficient (Wildman–Crippen LogP) is 4.48. The van der Waals surface area contributed by atoms with Crippen molar-refractivity contribution in [2.75, 3.05) is 35.0 Å². The first kappa shape index (κ1) is 23.0. The molecular weight excluding hydrogens is 406 g/mol. The van der Waals surface area contributed by atoms with Crippen molar-refractivity contribution in [1.82, 2.24) is 5.32 Å². The van der Waals surface area contributed by atoms with Crippen LogP contribution in [0.1, 0.15) is 27.4 Å². The lowest BCUT2D eigenvalue weighted by molar-refractivity contribution is 0.0950. The van der Waals surface area contributed by atoms with Crippen molar-refractivity contribution in [3.05, 3.63) is 83.4 Å². The fraction of sp³-hybridized carbons (Fsp3) is 0.269. The van der Waals surface area contributed by atoms with Crippen LogP contribution in [0.3, 0.4) is 0 Å². The number of hydrogen-bond donors (Lipinski definition) is 1. The Labute approximate surface area is 189 Å². The van der Waals surface area contributed by atoms with Crippen LogP contribution < -0.4 is 24.3 Å². The van der Waals surface area contributed by atoms with E-state index in [0.717, 1.165) is 12.0 Å². The second kappa shape index (κ2) is 11.1. The van der Waals surface area contributed by atoms with Crippen LogP contribution in [-0.2, 0) is 6.42 Å². The maximum atomic E-state index is 12.9. The molecule has 0 heterocycles. The molecule has 3 aromatic rings. The number of amides is 1. The zero-order chi connectivity index (χ0) is 22.9. The van der Waals surface area contributed by atoms with E-state index >= 15 is 0 Å². The third-order valence-corrected chi connectivity index (χ3v) is 5.36. The molecule has 3 rings (SSSR count). The molecular formula is C26H29NO5. The first-order valence-electron chi connectivity index (χ1n) is 10.4. The van der Waals surface area contributed by atoms with Gasteiger partial charge in [-0.3, -0.25) is 4.79 Å². The molecule has 32 heavy (non-hydrogen) atoms. The highest BCUT2D eigenvalue weighted by atomic mass is 16.5. The molecule has 1 amide bonds. The van der Waals surface area contributed by atoms with Gasteiger partial charge in [0.15, 0.2) is 23.0 Å². The summed E-state index contributed by atoms with van der Waals surface area (Å²) in [4.78, 5) is 12.9. The van der Waals surface area contributed by atoms with E-state index in [-0.39, 0.29) is 11.8 Å². The largest absolute Gasteiger partial charge is 0.493 e. The molecule has 1 atom stereocenters. The van der Waals surface area contributed by atoms with Gasteiger partial charge in [-0.2, -0.15) is 0 Å². The molecule has 0 spiro atoms. The number of benzene rings is 3. The number of rotatable bonds is 10. The van der Waals surface area contributed by atoms with Gasteiger partial charge < -0.3 is 24.3 Å². The van der Waals surface area contributed by atoms with Crippen molar-refractivity contribution < 1.29 is 23.7 Å². The van der Waals surface area contributed by atoms with Gasteiger partial charge in [-0.1, -0.05) is 36.4 Å². The van der Waals surface area contributed by atoms with Crippen LogP contribution in [0, 0.1) is 0 Å². The predicted molar refractivity (Wildman–Crippen MR) is 124 cm³/mol. The highest BCUT2D eigenvalue weighted by Crippen LogP contribution is 2.32. The minimum absolute atomic E-state index is 0.0429. The number of carbonyl (C=O) groups excluding carboxylic acids is 1. The van der Waals surface area contributed by atoms with E-state index in [0.29, 0.717) is 35.1 Å². The highest BCUT2D eigenvalue weighted by molar-refractivity contribution is 5.94. The third kappa shape index (κ3) is 5.52. The molecule has 0 fully saturated rings. The van der Waals surface area contributed by atoms with E-state index in [1.807, 2.05) is 36.4 Å². The van der Waals surface area contributed by atoms with Crippen LogP contribution in [0.15, 0.2) is 66.7 Å². The average molecular weight is 436 g/mol. The van der Waals surface area contributed by atoms with Crippen molar-refractivity contribution in [3.8, 4) is 23.0 Å². The summed E-state index contributed by atoms with van der Waals surface area (Å²) in [6.07, 6.45) is 0.766. The minimum Gasteiger partial charge on any atom is -0.493 e. The first-order valence-corrected chi connectivity index (χ1v) is 10.4. The molecule has 0 aliphatic heterocycles. The summed E-state index contributed by atoms with van der Waals surface area (Å²) >= 11 is 0. The molecule has 168 valence electrons. The quantitative estimate of drug-likeness (QED) is 0.509. The van der Waals surface area contributed by atoms with Gasteiger partial charge in [-0.05, 0) is 47.9 Å². The molecule has 0 saturated carbocycles. The molecule has 1 unspecified atom stereocenters. The second-order valence-corrected chi connectivity index (χ2v) is 7.28. The van der Waals surface area contributed by atoms with E-state index in [1.165, 1.54) is 5.56 Å². The van der Waals surface area contributed by atoms with Crippen molar-refractivity contribution in [1.29, 1.82) is 0 Å². The van der Waals surface area contributed by atoms with Gasteiger partial charge in [0.05, 0.1) is 28.4 Å². The van der Waals surface area contributed by atoms with Gasteiger partial charge in [0.25, 0.3) is 5.91 Å². The molecule has 0 radical (unpaired) electrons. The lowest BCUT2D eigenvalue weighted by Gasteiger charge is -2.20. The average Bonchev–Trinajstić information content (AvgIpc) is 2.85. The van der Waals surface area contributed by atoms with Gasteiger partial charge in [-0.15, -0.1) is 0 Å². The van der Waals surface area contributed by atoms with Crippen LogP contribution in [-0.4, -0.2) is 40.9 Å². The number of nitrogens with one attached hydrogen (secondary N) is 1. The Morgan fingerprint density at radius 2 is 1.34 bits per heavy atom. The lowest BCUT2D eigenvalue weighted by Crippen LogP contribution is -2.29. The number of methoxy groups -OCH3 is 4. The summed E-state index contributed by atoms with van der Waals surface area (Å²) in [6, 6.07) is 21.2. The molecule has 0 aliphatic rings. The molecule has 6 heteroatoms. The van der Waals surface area contributed by atoms with Crippen LogP contribution in [0.25, 0.3) is 0 Å². The lowest BCUT2D eigenvalue weighted by atomic mass is 9.91. The Kier molecular flexibility index (Phi) is 7.97. The molecule has 6 nitrogen and oxygen atoms in total. The normalized spacial score (nSPS) is 11.4. The molecule has 0 aromatic heterocycles. The third-order valence-electron chi connectivity index (χ3n) is 5.36. The molecule has 0 saturated heterocycles. The summed E-state index contributed by atoms with van der Waals surface area (Å²) in [5.74, 6) is 2.29. The summed E-state index contributed by atoms with van der Waals surface area (Å²) in [5.41, 5.74) is 2.75. The summed E-state index contributed by atoms with van der Waals surface area (Å²) in [6.45, 7) is 0.456. The Hall–Kier alpha value is -3.67. The van der Waals surface area contributed by atoms with E-state index in [9.17, 15) is 4.79 Å². The van der Waals surface area contributed by atoms with Crippen LogP contribution in [0.2, 0.25) is 0 Å². The van der Waals surface area contributed by atoms with Crippen LogP contribution in [0.4, 0.5) is 0 Å². The Bertz CT molecular complexity index is 1040. The topological polar surface area (TPSA) is 66.0 Å². The Balaban J connectivity index is 1.82. The minimum atomic E-state index is -0.176. The summed E-state index contributed by atoms with van der Waals surface area (Å²) < 4.78 is 21.4. The van der Waals surface area contributed by atoms with Crippen LogP contribution in [0.5, 0.6) is 23.0 Å². The zero-order valence-electron chi connectivity index (χ0n) is 18.9. The zero-order valence-corrected chi connectivity index (χ0v) is 18.9. The maximum Gasteiger partial charge on any atom is 0.251 e. The number of ether oxygens (including phenoxy) is 4. The van der Waals surface area contributed by atoms with Gasteiger partial charge in [0, 0.05) is 18.0 Å². The number of hydrogen-bond acceptors (Lipinski definition) is 5. The second-order valence-electron chi connectivity index (χ2n) is 7.28.